The SMILES string of the molecule is Cc1n[nH]c(C)c1C(=O)Nc1cccc(C(=O)N(C)C)c1. The van der Waals surface area contributed by atoms with E-state index in [9.17, 15) is 9.59 Å². The Kier molecular flexibility index (Phi) is 4.07. The summed E-state index contributed by atoms with van der Waals surface area (Å²) in [6.07, 6.45) is 0. The molecule has 0 aliphatic rings. The maximum Gasteiger partial charge on any atom is 0.259 e. The van der Waals surface area contributed by atoms with Gasteiger partial charge in [0.15, 0.2) is 0 Å². The van der Waals surface area contributed by atoms with Crippen LogP contribution in [0.15, 0.2) is 24.3 Å². The molecule has 2 rings (SSSR count). The van der Waals surface area contributed by atoms with Crippen LogP contribution in [0.5, 0.6) is 0 Å². The second-order valence-corrected chi connectivity index (χ2v) is 5.04. The average molecular weight is 286 g/mol. The zero-order chi connectivity index (χ0) is 15.6. The minimum atomic E-state index is -0.242. The van der Waals surface area contributed by atoms with Crippen molar-refractivity contribution in [2.45, 2.75) is 13.8 Å². The number of anilines is 1. The van der Waals surface area contributed by atoms with Crippen LogP contribution >= 0.6 is 0 Å². The molecule has 21 heavy (non-hydrogen) atoms. The van der Waals surface area contributed by atoms with Gasteiger partial charge in [-0.1, -0.05) is 6.07 Å². The highest BCUT2D eigenvalue weighted by Gasteiger charge is 2.16. The first-order valence-corrected chi connectivity index (χ1v) is 6.54. The number of aryl methyl sites for hydroxylation is 2. The summed E-state index contributed by atoms with van der Waals surface area (Å²) in [5, 5.41) is 9.57. The molecule has 0 spiro atoms. The van der Waals surface area contributed by atoms with E-state index in [1.54, 1.807) is 52.2 Å². The first-order chi connectivity index (χ1) is 9.90. The smallest absolute Gasteiger partial charge is 0.259 e. The van der Waals surface area contributed by atoms with Crippen LogP contribution < -0.4 is 5.32 Å². The Hall–Kier alpha value is -2.63. The Bertz CT molecular complexity index is 669. The molecule has 0 aliphatic heterocycles. The summed E-state index contributed by atoms with van der Waals surface area (Å²) in [5.41, 5.74) is 2.99. The Labute approximate surface area is 123 Å². The number of rotatable bonds is 3. The Morgan fingerprint density at radius 1 is 1.24 bits per heavy atom. The average Bonchev–Trinajstić information content (AvgIpc) is 2.77. The normalized spacial score (nSPS) is 10.3. The van der Waals surface area contributed by atoms with Crippen LogP contribution in [0.25, 0.3) is 0 Å². The second kappa shape index (κ2) is 5.78. The first-order valence-electron chi connectivity index (χ1n) is 6.54. The van der Waals surface area contributed by atoms with Crippen molar-refractivity contribution in [3.63, 3.8) is 0 Å². The van der Waals surface area contributed by atoms with Gasteiger partial charge in [0, 0.05) is 31.0 Å². The Morgan fingerprint density at radius 3 is 2.52 bits per heavy atom. The van der Waals surface area contributed by atoms with Gasteiger partial charge in [0.05, 0.1) is 11.3 Å². The molecule has 0 bridgehead atoms. The number of H-pyrrole nitrogens is 1. The molecule has 1 aromatic heterocycles. The van der Waals surface area contributed by atoms with Crippen molar-refractivity contribution < 1.29 is 9.59 Å². The predicted octanol–water partition coefficient (Wildman–Crippen LogP) is 1.98. The maximum absolute atomic E-state index is 12.3. The summed E-state index contributed by atoms with van der Waals surface area (Å²) >= 11 is 0. The molecule has 0 radical (unpaired) electrons. The van der Waals surface area contributed by atoms with Crippen LogP contribution in [-0.2, 0) is 0 Å². The zero-order valence-corrected chi connectivity index (χ0v) is 12.5. The molecule has 6 nitrogen and oxygen atoms in total. The van der Waals surface area contributed by atoms with E-state index in [4.69, 9.17) is 0 Å². The molecule has 0 saturated heterocycles. The fourth-order valence-corrected chi connectivity index (χ4v) is 2.07. The molecule has 1 aromatic carbocycles. The Morgan fingerprint density at radius 2 is 1.95 bits per heavy atom. The monoisotopic (exact) mass is 286 g/mol. The van der Waals surface area contributed by atoms with Crippen molar-refractivity contribution in [1.29, 1.82) is 0 Å². The highest BCUT2D eigenvalue weighted by atomic mass is 16.2. The number of amides is 2. The minimum absolute atomic E-state index is 0.109. The Balaban J connectivity index is 2.23. The maximum atomic E-state index is 12.3. The van der Waals surface area contributed by atoms with Gasteiger partial charge in [-0.25, -0.2) is 0 Å². The number of hydrogen-bond donors (Lipinski definition) is 2. The highest BCUT2D eigenvalue weighted by Crippen LogP contribution is 2.16. The van der Waals surface area contributed by atoms with Gasteiger partial charge in [-0.3, -0.25) is 14.7 Å². The summed E-state index contributed by atoms with van der Waals surface area (Å²) < 4.78 is 0. The molecule has 0 unspecified atom stereocenters. The molecule has 2 aromatic rings. The summed E-state index contributed by atoms with van der Waals surface area (Å²) in [4.78, 5) is 25.7. The molecule has 0 saturated carbocycles. The lowest BCUT2D eigenvalue weighted by atomic mass is 10.1. The molecule has 0 atom stereocenters. The van der Waals surface area contributed by atoms with Crippen molar-refractivity contribution in [2.75, 3.05) is 19.4 Å². The standard InChI is InChI=1S/C15H18N4O2/c1-9-13(10(2)18-17-9)14(20)16-12-7-5-6-11(8-12)15(21)19(3)4/h5-8H,1-4H3,(H,16,20)(H,17,18). The van der Waals surface area contributed by atoms with E-state index in [0.717, 1.165) is 0 Å². The fourth-order valence-electron chi connectivity index (χ4n) is 2.07. The van der Waals surface area contributed by atoms with E-state index in [1.165, 1.54) is 4.90 Å². The minimum Gasteiger partial charge on any atom is -0.345 e. The molecule has 2 amide bonds. The first kappa shape index (κ1) is 14.8. The van der Waals surface area contributed by atoms with Crippen LogP contribution in [0, 0.1) is 13.8 Å². The second-order valence-electron chi connectivity index (χ2n) is 5.04. The number of nitrogens with zero attached hydrogens (tertiary/aromatic N) is 2. The number of carbonyl (C=O) groups excluding carboxylic acids is 2. The van der Waals surface area contributed by atoms with Gasteiger partial charge in [0.25, 0.3) is 11.8 Å². The number of benzene rings is 1. The molecule has 6 heteroatoms. The number of carbonyl (C=O) groups is 2. The molecule has 1 heterocycles. The van der Waals surface area contributed by atoms with Gasteiger partial charge in [-0.05, 0) is 32.0 Å². The van der Waals surface area contributed by atoms with Crippen molar-refractivity contribution in [2.24, 2.45) is 0 Å². The lowest BCUT2D eigenvalue weighted by Crippen LogP contribution is -2.22. The van der Waals surface area contributed by atoms with E-state index in [2.05, 4.69) is 15.5 Å². The third-order valence-corrected chi connectivity index (χ3v) is 3.13. The molecule has 0 aliphatic carbocycles. The van der Waals surface area contributed by atoms with E-state index >= 15 is 0 Å². The lowest BCUT2D eigenvalue weighted by Gasteiger charge is -2.11. The van der Waals surface area contributed by atoms with Crippen LogP contribution in [0.3, 0.4) is 0 Å². The van der Waals surface area contributed by atoms with Gasteiger partial charge in [0.1, 0.15) is 0 Å². The lowest BCUT2D eigenvalue weighted by molar-refractivity contribution is 0.0827. The number of aromatic amines is 1. The van der Waals surface area contributed by atoms with Gasteiger partial charge < -0.3 is 10.2 Å². The van der Waals surface area contributed by atoms with E-state index < -0.39 is 0 Å². The quantitative estimate of drug-likeness (QED) is 0.905. The van der Waals surface area contributed by atoms with Crippen molar-refractivity contribution in [3.8, 4) is 0 Å². The molecule has 110 valence electrons. The largest absolute Gasteiger partial charge is 0.345 e. The zero-order valence-electron chi connectivity index (χ0n) is 12.5. The topological polar surface area (TPSA) is 78.1 Å². The highest BCUT2D eigenvalue weighted by molar-refractivity contribution is 6.06. The predicted molar refractivity (Wildman–Crippen MR) is 80.5 cm³/mol. The molecular formula is C15H18N4O2. The van der Waals surface area contributed by atoms with E-state index in [1.807, 2.05) is 0 Å². The molecule has 2 N–H and O–H groups in total. The fraction of sp³-hybridized carbons (Fsp3) is 0.267. The molecule has 0 fully saturated rings. The van der Waals surface area contributed by atoms with Crippen LogP contribution in [0.1, 0.15) is 32.1 Å². The van der Waals surface area contributed by atoms with E-state index in [0.29, 0.717) is 28.2 Å². The van der Waals surface area contributed by atoms with Crippen LogP contribution in [0.4, 0.5) is 5.69 Å². The summed E-state index contributed by atoms with van der Waals surface area (Å²) in [6, 6.07) is 6.86. The van der Waals surface area contributed by atoms with Crippen molar-refractivity contribution in [3.05, 3.63) is 46.8 Å². The summed E-state index contributed by atoms with van der Waals surface area (Å²) in [7, 11) is 3.37. The number of aromatic nitrogens is 2. The third kappa shape index (κ3) is 3.10. The van der Waals surface area contributed by atoms with Gasteiger partial charge >= 0.3 is 0 Å². The van der Waals surface area contributed by atoms with Crippen molar-refractivity contribution in [1.82, 2.24) is 15.1 Å². The van der Waals surface area contributed by atoms with Gasteiger partial charge in [-0.15, -0.1) is 0 Å². The number of hydrogen-bond acceptors (Lipinski definition) is 3. The van der Waals surface area contributed by atoms with Crippen molar-refractivity contribution >= 4 is 17.5 Å². The van der Waals surface area contributed by atoms with Gasteiger partial charge in [-0.2, -0.15) is 5.10 Å². The van der Waals surface area contributed by atoms with Crippen LogP contribution in [0.2, 0.25) is 0 Å². The van der Waals surface area contributed by atoms with Crippen LogP contribution in [-0.4, -0.2) is 41.0 Å². The summed E-state index contributed by atoms with van der Waals surface area (Å²) in [5.74, 6) is -0.352. The summed E-state index contributed by atoms with van der Waals surface area (Å²) in [6.45, 7) is 3.56. The molecular weight excluding hydrogens is 268 g/mol. The number of nitrogens with one attached hydrogen (secondary N) is 2. The third-order valence-electron chi connectivity index (χ3n) is 3.13. The van der Waals surface area contributed by atoms with Gasteiger partial charge in [0.2, 0.25) is 0 Å². The van der Waals surface area contributed by atoms with E-state index in [-0.39, 0.29) is 11.8 Å².